The fourth-order valence-electron chi connectivity index (χ4n) is 2.70. The molecule has 22 heavy (non-hydrogen) atoms. The van der Waals surface area contributed by atoms with Crippen molar-refractivity contribution in [2.45, 2.75) is 25.9 Å². The van der Waals surface area contributed by atoms with Crippen molar-refractivity contribution in [1.29, 1.82) is 0 Å². The van der Waals surface area contributed by atoms with Crippen molar-refractivity contribution >= 4 is 11.3 Å². The van der Waals surface area contributed by atoms with E-state index in [0.29, 0.717) is 0 Å². The van der Waals surface area contributed by atoms with Gasteiger partial charge in [-0.2, -0.15) is 0 Å². The lowest BCUT2D eigenvalue weighted by molar-refractivity contribution is 0.513. The van der Waals surface area contributed by atoms with E-state index in [9.17, 15) is 0 Å². The molecule has 0 aliphatic carbocycles. The lowest BCUT2D eigenvalue weighted by Crippen LogP contribution is -2.26. The summed E-state index contributed by atoms with van der Waals surface area (Å²) in [6.07, 6.45) is 1.86. The zero-order chi connectivity index (χ0) is 15.4. The predicted molar refractivity (Wildman–Crippen MR) is 93.1 cm³/mol. The van der Waals surface area contributed by atoms with Gasteiger partial charge in [0.2, 0.25) is 0 Å². The lowest BCUT2D eigenvalue weighted by atomic mass is 10.0. The van der Waals surface area contributed by atoms with Crippen molar-refractivity contribution in [3.05, 3.63) is 87.9 Å². The zero-order valence-corrected chi connectivity index (χ0v) is 13.7. The number of nitrogens with one attached hydrogen (secondary N) is 1. The molecule has 0 radical (unpaired) electrons. The van der Waals surface area contributed by atoms with Gasteiger partial charge in [-0.3, -0.25) is 10.3 Å². The fraction of sp³-hybridized carbons (Fsp3) is 0.211. The maximum absolute atomic E-state index is 4.55. The first-order valence-corrected chi connectivity index (χ1v) is 8.39. The maximum Gasteiger partial charge on any atom is 0.0756 e. The molecule has 0 fully saturated rings. The van der Waals surface area contributed by atoms with Gasteiger partial charge in [0.25, 0.3) is 0 Å². The summed E-state index contributed by atoms with van der Waals surface area (Å²) in [6, 6.07) is 19.1. The second-order valence-electron chi connectivity index (χ2n) is 5.45. The van der Waals surface area contributed by atoms with E-state index in [2.05, 4.69) is 65.9 Å². The Bertz CT molecular complexity index is 667. The summed E-state index contributed by atoms with van der Waals surface area (Å²) in [7, 11) is 0. The van der Waals surface area contributed by atoms with Gasteiger partial charge >= 0.3 is 0 Å². The minimum Gasteiger partial charge on any atom is -0.297 e. The van der Waals surface area contributed by atoms with Crippen LogP contribution >= 0.6 is 11.3 Å². The van der Waals surface area contributed by atoms with Crippen LogP contribution in [0.25, 0.3) is 0 Å². The first-order valence-electron chi connectivity index (χ1n) is 7.51. The molecule has 1 aromatic carbocycles. The number of benzene rings is 1. The average Bonchev–Trinajstić information content (AvgIpc) is 3.00. The number of nitrogens with zero attached hydrogens (tertiary/aromatic N) is 1. The van der Waals surface area contributed by atoms with Crippen LogP contribution in [0.5, 0.6) is 0 Å². The molecule has 0 spiro atoms. The third kappa shape index (κ3) is 3.26. The minimum absolute atomic E-state index is 0.0962. The third-order valence-corrected chi connectivity index (χ3v) is 5.03. The molecule has 0 unspecified atom stereocenters. The molecule has 2 atom stereocenters. The van der Waals surface area contributed by atoms with Gasteiger partial charge < -0.3 is 0 Å². The van der Waals surface area contributed by atoms with Crippen LogP contribution in [0.1, 0.15) is 40.7 Å². The Hall–Kier alpha value is -1.97. The number of aromatic nitrogens is 1. The van der Waals surface area contributed by atoms with Crippen LogP contribution in [0.3, 0.4) is 0 Å². The molecule has 0 bridgehead atoms. The summed E-state index contributed by atoms with van der Waals surface area (Å²) in [5, 5.41) is 5.89. The first kappa shape index (κ1) is 14.9. The van der Waals surface area contributed by atoms with Crippen molar-refractivity contribution in [2.75, 3.05) is 0 Å². The van der Waals surface area contributed by atoms with Gasteiger partial charge in [-0.15, -0.1) is 11.3 Å². The van der Waals surface area contributed by atoms with Crippen LogP contribution in [0.15, 0.2) is 66.2 Å². The SMILES string of the molecule is Cc1ccsc1[C@H](C)N[C@H](c1ccccc1)c1ccccn1. The summed E-state index contributed by atoms with van der Waals surface area (Å²) in [5.41, 5.74) is 3.63. The quantitative estimate of drug-likeness (QED) is 0.725. The summed E-state index contributed by atoms with van der Waals surface area (Å²) < 4.78 is 0. The van der Waals surface area contributed by atoms with Crippen LogP contribution in [-0.4, -0.2) is 4.98 Å². The summed E-state index contributed by atoms with van der Waals surface area (Å²) in [4.78, 5) is 5.94. The second-order valence-corrected chi connectivity index (χ2v) is 6.40. The number of pyridine rings is 1. The molecule has 3 aromatic rings. The fourth-order valence-corrected chi connectivity index (χ4v) is 3.64. The Labute approximate surface area is 135 Å². The Morgan fingerprint density at radius 2 is 1.77 bits per heavy atom. The molecular formula is C19H20N2S. The van der Waals surface area contributed by atoms with E-state index >= 15 is 0 Å². The van der Waals surface area contributed by atoms with Gasteiger partial charge in [0, 0.05) is 17.1 Å². The van der Waals surface area contributed by atoms with Crippen molar-refractivity contribution in [1.82, 2.24) is 10.3 Å². The molecule has 2 aromatic heterocycles. The van der Waals surface area contributed by atoms with Gasteiger partial charge in [-0.05, 0) is 48.6 Å². The Morgan fingerprint density at radius 3 is 2.41 bits per heavy atom. The van der Waals surface area contributed by atoms with E-state index in [1.807, 2.05) is 35.7 Å². The van der Waals surface area contributed by atoms with Crippen LogP contribution in [0, 0.1) is 6.92 Å². The van der Waals surface area contributed by atoms with E-state index in [4.69, 9.17) is 0 Å². The van der Waals surface area contributed by atoms with Crippen molar-refractivity contribution in [2.24, 2.45) is 0 Å². The van der Waals surface area contributed by atoms with E-state index in [1.54, 1.807) is 0 Å². The van der Waals surface area contributed by atoms with Gasteiger partial charge in [0.05, 0.1) is 11.7 Å². The molecule has 2 nitrogen and oxygen atoms in total. The van der Waals surface area contributed by atoms with Crippen LogP contribution in [-0.2, 0) is 0 Å². The van der Waals surface area contributed by atoms with Gasteiger partial charge in [-0.25, -0.2) is 0 Å². The highest BCUT2D eigenvalue weighted by molar-refractivity contribution is 7.10. The first-order chi connectivity index (χ1) is 10.8. The molecule has 3 heteroatoms. The summed E-state index contributed by atoms with van der Waals surface area (Å²) in [5.74, 6) is 0. The van der Waals surface area contributed by atoms with Gasteiger partial charge in [0.15, 0.2) is 0 Å². The van der Waals surface area contributed by atoms with E-state index in [1.165, 1.54) is 16.0 Å². The standard InChI is InChI=1S/C19H20N2S/c1-14-11-13-22-19(14)15(2)21-18(16-8-4-3-5-9-16)17-10-6-7-12-20-17/h3-13,15,18,21H,1-2H3/t15-,18+/m0/s1. The minimum atomic E-state index is 0.0962. The second kappa shape index (κ2) is 6.86. The third-order valence-electron chi connectivity index (χ3n) is 3.83. The molecule has 0 aliphatic heterocycles. The monoisotopic (exact) mass is 308 g/mol. The zero-order valence-electron chi connectivity index (χ0n) is 12.9. The molecule has 0 aliphatic rings. The number of rotatable bonds is 5. The number of thiophene rings is 1. The number of hydrogen-bond acceptors (Lipinski definition) is 3. The Balaban J connectivity index is 1.91. The maximum atomic E-state index is 4.55. The van der Waals surface area contributed by atoms with E-state index in [0.717, 1.165) is 5.69 Å². The highest BCUT2D eigenvalue weighted by atomic mass is 32.1. The smallest absolute Gasteiger partial charge is 0.0756 e. The summed E-state index contributed by atoms with van der Waals surface area (Å²) >= 11 is 1.81. The lowest BCUT2D eigenvalue weighted by Gasteiger charge is -2.23. The van der Waals surface area contributed by atoms with Crippen molar-refractivity contribution in [3.63, 3.8) is 0 Å². The highest BCUT2D eigenvalue weighted by Crippen LogP contribution is 2.28. The van der Waals surface area contributed by atoms with E-state index in [-0.39, 0.29) is 12.1 Å². The molecule has 2 heterocycles. The van der Waals surface area contributed by atoms with E-state index < -0.39 is 0 Å². The Kier molecular flexibility index (Phi) is 4.66. The molecule has 112 valence electrons. The van der Waals surface area contributed by atoms with Gasteiger partial charge in [-0.1, -0.05) is 36.4 Å². The topological polar surface area (TPSA) is 24.9 Å². The molecule has 0 amide bonds. The molecule has 1 N–H and O–H groups in total. The predicted octanol–water partition coefficient (Wildman–Crippen LogP) is 4.89. The molecule has 3 rings (SSSR count). The largest absolute Gasteiger partial charge is 0.297 e. The number of aryl methyl sites for hydroxylation is 1. The van der Waals surface area contributed by atoms with Crippen molar-refractivity contribution in [3.8, 4) is 0 Å². The average molecular weight is 308 g/mol. The van der Waals surface area contributed by atoms with Gasteiger partial charge in [0.1, 0.15) is 0 Å². The molecule has 0 saturated carbocycles. The normalized spacial score (nSPS) is 13.7. The molecular weight excluding hydrogens is 288 g/mol. The highest BCUT2D eigenvalue weighted by Gasteiger charge is 2.19. The number of hydrogen-bond donors (Lipinski definition) is 1. The van der Waals surface area contributed by atoms with Crippen LogP contribution in [0.4, 0.5) is 0 Å². The summed E-state index contributed by atoms with van der Waals surface area (Å²) in [6.45, 7) is 4.39. The van der Waals surface area contributed by atoms with Crippen LogP contribution in [0.2, 0.25) is 0 Å². The Morgan fingerprint density at radius 1 is 1.00 bits per heavy atom. The van der Waals surface area contributed by atoms with Crippen molar-refractivity contribution < 1.29 is 0 Å². The van der Waals surface area contributed by atoms with Crippen LogP contribution < -0.4 is 5.32 Å². The molecule has 0 saturated heterocycles.